The molecule has 0 bridgehead atoms. The first kappa shape index (κ1) is 15.4. The molecule has 1 heterocycles. The van der Waals surface area contributed by atoms with Crippen LogP contribution in [0.1, 0.15) is 18.4 Å². The van der Waals surface area contributed by atoms with E-state index in [0.717, 1.165) is 19.4 Å². The number of hydrogen-bond acceptors (Lipinski definition) is 3. The van der Waals surface area contributed by atoms with Crippen molar-refractivity contribution in [3.63, 3.8) is 0 Å². The molecule has 0 aliphatic carbocycles. The van der Waals surface area contributed by atoms with E-state index >= 15 is 0 Å². The van der Waals surface area contributed by atoms with Crippen molar-refractivity contribution in [1.29, 1.82) is 0 Å². The monoisotopic (exact) mass is 293 g/mol. The van der Waals surface area contributed by atoms with Gasteiger partial charge in [-0.3, -0.25) is 14.5 Å². The Labute approximate surface area is 123 Å². The number of benzene rings is 1. The number of nitrogens with zero attached hydrogens (tertiary/aromatic N) is 1. The van der Waals surface area contributed by atoms with Gasteiger partial charge in [0.1, 0.15) is 5.82 Å². The SMILES string of the molecule is Cc1ccc(NC(=O)CN2CCC[C@@H](C(N)=O)C2)cc1F. The summed E-state index contributed by atoms with van der Waals surface area (Å²) in [5, 5.41) is 2.66. The second kappa shape index (κ2) is 6.67. The van der Waals surface area contributed by atoms with Gasteiger partial charge in [0.05, 0.1) is 12.5 Å². The summed E-state index contributed by atoms with van der Waals surface area (Å²) in [5.74, 6) is -1.08. The Morgan fingerprint density at radius 2 is 2.24 bits per heavy atom. The van der Waals surface area contributed by atoms with E-state index in [9.17, 15) is 14.0 Å². The minimum Gasteiger partial charge on any atom is -0.369 e. The van der Waals surface area contributed by atoms with Gasteiger partial charge in [0.25, 0.3) is 0 Å². The molecular formula is C15H20FN3O2. The normalized spacial score (nSPS) is 19.2. The Hall–Kier alpha value is -1.95. The molecule has 6 heteroatoms. The predicted molar refractivity (Wildman–Crippen MR) is 78.1 cm³/mol. The molecule has 2 rings (SSSR count). The number of hydrogen-bond donors (Lipinski definition) is 2. The standard InChI is InChI=1S/C15H20FN3O2/c1-10-4-5-12(7-13(10)16)18-14(20)9-19-6-2-3-11(8-19)15(17)21/h4-5,7,11H,2-3,6,8-9H2,1H3,(H2,17,21)(H,18,20)/t11-/m1/s1. The lowest BCUT2D eigenvalue weighted by Gasteiger charge is -2.30. The minimum atomic E-state index is -0.348. The van der Waals surface area contributed by atoms with E-state index in [-0.39, 0.29) is 30.1 Å². The summed E-state index contributed by atoms with van der Waals surface area (Å²) in [5.41, 5.74) is 6.28. The van der Waals surface area contributed by atoms with Gasteiger partial charge in [-0.2, -0.15) is 0 Å². The van der Waals surface area contributed by atoms with E-state index in [1.54, 1.807) is 19.1 Å². The van der Waals surface area contributed by atoms with Crippen LogP contribution in [0.5, 0.6) is 0 Å². The third-order valence-electron chi connectivity index (χ3n) is 3.73. The van der Waals surface area contributed by atoms with Crippen molar-refractivity contribution in [1.82, 2.24) is 4.90 Å². The summed E-state index contributed by atoms with van der Waals surface area (Å²) in [7, 11) is 0. The lowest BCUT2D eigenvalue weighted by atomic mass is 9.97. The number of halogens is 1. The Morgan fingerprint density at radius 3 is 2.90 bits per heavy atom. The minimum absolute atomic E-state index is 0.180. The molecule has 1 atom stereocenters. The maximum absolute atomic E-state index is 13.4. The van der Waals surface area contributed by atoms with Crippen molar-refractivity contribution in [3.05, 3.63) is 29.6 Å². The van der Waals surface area contributed by atoms with Crippen molar-refractivity contribution in [2.75, 3.05) is 25.0 Å². The molecule has 0 unspecified atom stereocenters. The van der Waals surface area contributed by atoms with E-state index in [1.165, 1.54) is 6.07 Å². The van der Waals surface area contributed by atoms with Crippen LogP contribution in [0.3, 0.4) is 0 Å². The van der Waals surface area contributed by atoms with Gasteiger partial charge in [0.2, 0.25) is 11.8 Å². The molecule has 1 fully saturated rings. The molecule has 1 aliphatic heterocycles. The molecule has 114 valence electrons. The zero-order chi connectivity index (χ0) is 15.4. The Kier molecular flexibility index (Phi) is 4.90. The maximum atomic E-state index is 13.4. The van der Waals surface area contributed by atoms with Crippen LogP contribution in [0, 0.1) is 18.7 Å². The number of nitrogens with two attached hydrogens (primary N) is 1. The predicted octanol–water partition coefficient (Wildman–Crippen LogP) is 1.27. The fourth-order valence-electron chi connectivity index (χ4n) is 2.51. The molecule has 3 N–H and O–H groups in total. The molecule has 5 nitrogen and oxygen atoms in total. The van der Waals surface area contributed by atoms with Crippen LogP contribution >= 0.6 is 0 Å². The van der Waals surface area contributed by atoms with Crippen molar-refractivity contribution < 1.29 is 14.0 Å². The second-order valence-corrected chi connectivity index (χ2v) is 5.49. The number of rotatable bonds is 4. The number of aryl methyl sites for hydroxylation is 1. The van der Waals surface area contributed by atoms with Crippen molar-refractivity contribution in [2.45, 2.75) is 19.8 Å². The Balaban J connectivity index is 1.89. The summed E-state index contributed by atoms with van der Waals surface area (Å²) < 4.78 is 13.4. The average molecular weight is 293 g/mol. The zero-order valence-corrected chi connectivity index (χ0v) is 12.1. The highest BCUT2D eigenvalue weighted by molar-refractivity contribution is 5.92. The molecular weight excluding hydrogens is 273 g/mol. The number of likely N-dealkylation sites (tertiary alicyclic amines) is 1. The van der Waals surface area contributed by atoms with Crippen LogP contribution in [0.15, 0.2) is 18.2 Å². The van der Waals surface area contributed by atoms with Gasteiger partial charge in [-0.15, -0.1) is 0 Å². The fraction of sp³-hybridized carbons (Fsp3) is 0.467. The van der Waals surface area contributed by atoms with Crippen LogP contribution < -0.4 is 11.1 Å². The van der Waals surface area contributed by atoms with Crippen LogP contribution in [0.25, 0.3) is 0 Å². The van der Waals surface area contributed by atoms with E-state index in [4.69, 9.17) is 5.73 Å². The molecule has 1 aromatic rings. The van der Waals surface area contributed by atoms with E-state index in [1.807, 2.05) is 4.90 Å². The van der Waals surface area contributed by atoms with Gasteiger partial charge in [0.15, 0.2) is 0 Å². The number of carbonyl (C=O) groups excluding carboxylic acids is 2. The van der Waals surface area contributed by atoms with E-state index in [2.05, 4.69) is 5.32 Å². The van der Waals surface area contributed by atoms with Gasteiger partial charge in [-0.1, -0.05) is 6.07 Å². The molecule has 2 amide bonds. The molecule has 21 heavy (non-hydrogen) atoms. The third-order valence-corrected chi connectivity index (χ3v) is 3.73. The Morgan fingerprint density at radius 1 is 1.48 bits per heavy atom. The third kappa shape index (κ3) is 4.26. The van der Waals surface area contributed by atoms with Gasteiger partial charge < -0.3 is 11.1 Å². The summed E-state index contributed by atoms with van der Waals surface area (Å²) >= 11 is 0. The van der Waals surface area contributed by atoms with Gasteiger partial charge in [-0.25, -0.2) is 4.39 Å². The van der Waals surface area contributed by atoms with Gasteiger partial charge in [-0.05, 0) is 44.0 Å². The summed E-state index contributed by atoms with van der Waals surface area (Å²) in [4.78, 5) is 25.1. The largest absolute Gasteiger partial charge is 0.369 e. The van der Waals surface area contributed by atoms with Crippen LogP contribution in [0.2, 0.25) is 0 Å². The lowest BCUT2D eigenvalue weighted by molar-refractivity contribution is -0.125. The van der Waals surface area contributed by atoms with Crippen LogP contribution in [-0.4, -0.2) is 36.3 Å². The summed E-state index contributed by atoms with van der Waals surface area (Å²) in [6, 6.07) is 4.59. The molecule has 0 radical (unpaired) electrons. The van der Waals surface area contributed by atoms with Crippen molar-refractivity contribution in [2.24, 2.45) is 11.7 Å². The summed E-state index contributed by atoms with van der Waals surface area (Å²) in [6.45, 7) is 3.11. The molecule has 1 saturated heterocycles. The molecule has 1 aromatic carbocycles. The first-order chi connectivity index (χ1) is 9.95. The highest BCUT2D eigenvalue weighted by Gasteiger charge is 2.25. The van der Waals surface area contributed by atoms with E-state index < -0.39 is 0 Å². The fourth-order valence-corrected chi connectivity index (χ4v) is 2.51. The lowest BCUT2D eigenvalue weighted by Crippen LogP contribution is -2.44. The number of anilines is 1. The highest BCUT2D eigenvalue weighted by Crippen LogP contribution is 2.17. The van der Waals surface area contributed by atoms with Crippen LogP contribution in [-0.2, 0) is 9.59 Å². The number of carbonyl (C=O) groups is 2. The van der Waals surface area contributed by atoms with Gasteiger partial charge in [0, 0.05) is 12.2 Å². The van der Waals surface area contributed by atoms with E-state index in [0.29, 0.717) is 17.8 Å². The number of amides is 2. The maximum Gasteiger partial charge on any atom is 0.238 e. The van der Waals surface area contributed by atoms with Gasteiger partial charge >= 0.3 is 0 Å². The molecule has 0 spiro atoms. The highest BCUT2D eigenvalue weighted by atomic mass is 19.1. The smallest absolute Gasteiger partial charge is 0.238 e. The first-order valence-corrected chi connectivity index (χ1v) is 7.03. The van der Waals surface area contributed by atoms with Crippen LogP contribution in [0.4, 0.5) is 10.1 Å². The first-order valence-electron chi connectivity index (χ1n) is 7.03. The molecule has 0 aromatic heterocycles. The quantitative estimate of drug-likeness (QED) is 0.878. The summed E-state index contributed by atoms with van der Waals surface area (Å²) in [6.07, 6.45) is 1.62. The van der Waals surface area contributed by atoms with Crippen molar-refractivity contribution >= 4 is 17.5 Å². The number of primary amides is 1. The zero-order valence-electron chi connectivity index (χ0n) is 12.1. The Bertz CT molecular complexity index is 548. The molecule has 0 saturated carbocycles. The second-order valence-electron chi connectivity index (χ2n) is 5.49. The van der Waals surface area contributed by atoms with Crippen molar-refractivity contribution in [3.8, 4) is 0 Å². The topological polar surface area (TPSA) is 75.4 Å². The number of nitrogens with one attached hydrogen (secondary N) is 1. The number of piperidine rings is 1. The molecule has 1 aliphatic rings. The average Bonchev–Trinajstić information content (AvgIpc) is 2.43.